The highest BCUT2D eigenvalue weighted by molar-refractivity contribution is 6.00. The number of fused-ring (bicyclic) bond motifs is 1. The number of Topliss-reactive ketones (excluding diaryl/α,β-unsaturated/α-hetero) is 1. The number of ether oxygens (including phenoxy) is 2. The molecule has 0 aromatic rings. The lowest BCUT2D eigenvalue weighted by molar-refractivity contribution is -0.148. The third-order valence-corrected chi connectivity index (χ3v) is 4.60. The van der Waals surface area contributed by atoms with Crippen LogP contribution in [0.15, 0.2) is 0 Å². The van der Waals surface area contributed by atoms with Crippen LogP contribution in [0.1, 0.15) is 40.5 Å². The van der Waals surface area contributed by atoms with Crippen LogP contribution in [0.25, 0.3) is 0 Å². The number of ketones is 1. The second-order valence-corrected chi connectivity index (χ2v) is 6.00. The molecule has 0 spiro atoms. The summed E-state index contributed by atoms with van der Waals surface area (Å²) in [4.78, 5) is 35.8. The monoisotopic (exact) mass is 311 g/mol. The smallest absolute Gasteiger partial charge is 0.310 e. The number of hydrogen-bond acceptors (Lipinski definition) is 5. The van der Waals surface area contributed by atoms with Crippen molar-refractivity contribution in [1.29, 1.82) is 0 Å². The van der Waals surface area contributed by atoms with Crippen molar-refractivity contribution < 1.29 is 23.9 Å². The Bertz CT molecular complexity index is 459. The van der Waals surface area contributed by atoms with E-state index in [1.54, 1.807) is 6.92 Å². The number of nitrogens with one attached hydrogen (secondary N) is 1. The van der Waals surface area contributed by atoms with Gasteiger partial charge in [0, 0.05) is 18.8 Å². The standard InChI is InChI=1S/C16H25NO5/c1-5-9(6-2)22-15-11-10(12(11)16(20)21-7-3)14(19)13(15)17-8(4)18/h9-13,15H,5-7H2,1-4H3,(H,17,18)/t10-,11+,12+,13-,15-/m1/s1. The van der Waals surface area contributed by atoms with Crippen LogP contribution in [-0.2, 0) is 23.9 Å². The predicted molar refractivity (Wildman–Crippen MR) is 79.0 cm³/mol. The molecule has 124 valence electrons. The fourth-order valence-electron chi connectivity index (χ4n) is 3.49. The van der Waals surface area contributed by atoms with Gasteiger partial charge in [0.25, 0.3) is 0 Å². The van der Waals surface area contributed by atoms with Gasteiger partial charge in [0.05, 0.1) is 24.7 Å². The molecule has 2 fully saturated rings. The van der Waals surface area contributed by atoms with Crippen molar-refractivity contribution in [3.8, 4) is 0 Å². The highest BCUT2D eigenvalue weighted by Gasteiger charge is 2.71. The SMILES string of the molecule is CCOC(=O)[C@H]1[C@@H]2C(=O)[C@@H](NC(C)=O)[C@H](OC(CC)CC)[C@H]12. The second kappa shape index (κ2) is 6.77. The molecule has 0 heterocycles. The number of carbonyl (C=O) groups is 3. The third kappa shape index (κ3) is 3.02. The van der Waals surface area contributed by atoms with Gasteiger partial charge in [0.15, 0.2) is 5.78 Å². The largest absolute Gasteiger partial charge is 0.466 e. The summed E-state index contributed by atoms with van der Waals surface area (Å²) >= 11 is 0. The van der Waals surface area contributed by atoms with E-state index in [-0.39, 0.29) is 35.6 Å². The molecule has 5 atom stereocenters. The average molecular weight is 311 g/mol. The third-order valence-electron chi connectivity index (χ3n) is 4.60. The first-order valence-electron chi connectivity index (χ1n) is 8.09. The van der Waals surface area contributed by atoms with Gasteiger partial charge in [0.2, 0.25) is 5.91 Å². The van der Waals surface area contributed by atoms with Gasteiger partial charge < -0.3 is 14.8 Å². The summed E-state index contributed by atoms with van der Waals surface area (Å²) in [7, 11) is 0. The summed E-state index contributed by atoms with van der Waals surface area (Å²) in [5.41, 5.74) is 0. The fraction of sp³-hybridized carbons (Fsp3) is 0.812. The molecule has 0 radical (unpaired) electrons. The van der Waals surface area contributed by atoms with Crippen LogP contribution in [0.5, 0.6) is 0 Å². The maximum atomic E-state index is 12.5. The van der Waals surface area contributed by atoms with Crippen molar-refractivity contribution in [2.24, 2.45) is 17.8 Å². The lowest BCUT2D eigenvalue weighted by atomic mass is 10.0. The summed E-state index contributed by atoms with van der Waals surface area (Å²) < 4.78 is 11.1. The quantitative estimate of drug-likeness (QED) is 0.711. The summed E-state index contributed by atoms with van der Waals surface area (Å²) in [5.74, 6) is -1.62. The van der Waals surface area contributed by atoms with Crippen molar-refractivity contribution in [1.82, 2.24) is 5.32 Å². The second-order valence-electron chi connectivity index (χ2n) is 6.00. The number of amides is 1. The molecule has 2 rings (SSSR count). The highest BCUT2D eigenvalue weighted by atomic mass is 16.5. The van der Waals surface area contributed by atoms with E-state index in [2.05, 4.69) is 5.32 Å². The molecule has 22 heavy (non-hydrogen) atoms. The molecule has 0 saturated heterocycles. The average Bonchev–Trinajstić information content (AvgIpc) is 3.15. The van der Waals surface area contributed by atoms with Gasteiger partial charge >= 0.3 is 5.97 Å². The van der Waals surface area contributed by atoms with Crippen LogP contribution in [0.4, 0.5) is 0 Å². The first-order valence-corrected chi connectivity index (χ1v) is 8.09. The first-order chi connectivity index (χ1) is 10.5. The Kier molecular flexibility index (Phi) is 5.21. The highest BCUT2D eigenvalue weighted by Crippen LogP contribution is 2.57. The zero-order valence-electron chi connectivity index (χ0n) is 13.6. The Morgan fingerprint density at radius 2 is 1.86 bits per heavy atom. The molecule has 0 aliphatic heterocycles. The van der Waals surface area contributed by atoms with Crippen molar-refractivity contribution in [2.75, 3.05) is 6.61 Å². The van der Waals surface area contributed by atoms with Gasteiger partial charge in [0.1, 0.15) is 6.04 Å². The van der Waals surface area contributed by atoms with Crippen molar-refractivity contribution in [3.05, 3.63) is 0 Å². The van der Waals surface area contributed by atoms with Crippen molar-refractivity contribution in [3.63, 3.8) is 0 Å². The van der Waals surface area contributed by atoms with E-state index in [0.717, 1.165) is 12.8 Å². The molecule has 2 saturated carbocycles. The molecule has 1 N–H and O–H groups in total. The summed E-state index contributed by atoms with van der Waals surface area (Å²) in [6.45, 7) is 7.47. The Morgan fingerprint density at radius 1 is 1.23 bits per heavy atom. The Hall–Kier alpha value is -1.43. The molecule has 0 unspecified atom stereocenters. The maximum Gasteiger partial charge on any atom is 0.310 e. The summed E-state index contributed by atoms with van der Waals surface area (Å²) in [6, 6.07) is -0.640. The van der Waals surface area contributed by atoms with Crippen LogP contribution in [-0.4, -0.2) is 42.5 Å². The van der Waals surface area contributed by atoms with E-state index >= 15 is 0 Å². The topological polar surface area (TPSA) is 81.7 Å². The molecule has 0 aromatic heterocycles. The van der Waals surface area contributed by atoms with Crippen LogP contribution in [0.3, 0.4) is 0 Å². The van der Waals surface area contributed by atoms with E-state index in [4.69, 9.17) is 9.47 Å². The van der Waals surface area contributed by atoms with E-state index in [1.165, 1.54) is 6.92 Å². The van der Waals surface area contributed by atoms with E-state index in [1.807, 2.05) is 13.8 Å². The molecule has 0 aromatic carbocycles. The minimum Gasteiger partial charge on any atom is -0.466 e. The molecule has 2 aliphatic carbocycles. The molecule has 2 aliphatic rings. The molecule has 6 nitrogen and oxygen atoms in total. The minimum absolute atomic E-state index is 0.0243. The van der Waals surface area contributed by atoms with Crippen molar-refractivity contribution in [2.45, 2.75) is 58.8 Å². The fourth-order valence-corrected chi connectivity index (χ4v) is 3.49. The normalized spacial score (nSPS) is 32.8. The van der Waals surface area contributed by atoms with Gasteiger partial charge in [-0.1, -0.05) is 13.8 Å². The van der Waals surface area contributed by atoms with Gasteiger partial charge in [-0.25, -0.2) is 0 Å². The van der Waals surface area contributed by atoms with Crippen LogP contribution in [0, 0.1) is 17.8 Å². The van der Waals surface area contributed by atoms with E-state index in [0.29, 0.717) is 6.61 Å². The lowest BCUT2D eigenvalue weighted by Crippen LogP contribution is -2.49. The van der Waals surface area contributed by atoms with Crippen LogP contribution < -0.4 is 5.32 Å². The summed E-state index contributed by atoms with van der Waals surface area (Å²) in [6.07, 6.45) is 1.25. The Balaban J connectivity index is 2.14. The van der Waals surface area contributed by atoms with Gasteiger partial charge in [-0.3, -0.25) is 14.4 Å². The predicted octanol–water partition coefficient (Wildman–Crippen LogP) is 1.07. The molecule has 6 heteroatoms. The van der Waals surface area contributed by atoms with Gasteiger partial charge in [-0.15, -0.1) is 0 Å². The van der Waals surface area contributed by atoms with E-state index < -0.39 is 18.1 Å². The number of carbonyl (C=O) groups excluding carboxylic acids is 3. The molecule has 1 amide bonds. The Labute approximate surface area is 130 Å². The van der Waals surface area contributed by atoms with Crippen LogP contribution in [0.2, 0.25) is 0 Å². The zero-order chi connectivity index (χ0) is 16.4. The van der Waals surface area contributed by atoms with Crippen LogP contribution >= 0.6 is 0 Å². The minimum atomic E-state index is -0.640. The van der Waals surface area contributed by atoms with Gasteiger partial charge in [-0.2, -0.15) is 0 Å². The number of rotatable bonds is 7. The van der Waals surface area contributed by atoms with Gasteiger partial charge in [-0.05, 0) is 19.8 Å². The number of esters is 1. The number of hydrogen-bond donors (Lipinski definition) is 1. The van der Waals surface area contributed by atoms with Crippen molar-refractivity contribution >= 4 is 17.7 Å². The lowest BCUT2D eigenvalue weighted by Gasteiger charge is -2.27. The maximum absolute atomic E-state index is 12.5. The molecular weight excluding hydrogens is 286 g/mol. The zero-order valence-corrected chi connectivity index (χ0v) is 13.6. The van der Waals surface area contributed by atoms with E-state index in [9.17, 15) is 14.4 Å². The summed E-state index contributed by atoms with van der Waals surface area (Å²) in [5, 5.41) is 2.68. The Morgan fingerprint density at radius 3 is 2.36 bits per heavy atom. The first kappa shape index (κ1) is 16.9. The molecule has 0 bridgehead atoms. The molecular formula is C16H25NO5.